The second-order valence-corrected chi connectivity index (χ2v) is 1.81. The highest BCUT2D eigenvalue weighted by Gasteiger charge is 1.71. The van der Waals surface area contributed by atoms with Gasteiger partial charge in [0.05, 0.1) is 0 Å². The molecule has 0 aliphatic carbocycles. The van der Waals surface area contributed by atoms with Crippen LogP contribution in [0.15, 0.2) is 22.7 Å². The van der Waals surface area contributed by atoms with Crippen LogP contribution in [0.2, 0.25) is 0 Å². The first-order valence-corrected chi connectivity index (χ1v) is 3.12. The van der Waals surface area contributed by atoms with Gasteiger partial charge in [-0.25, -0.2) is 0 Å². The van der Waals surface area contributed by atoms with E-state index in [1.807, 2.05) is 31.0 Å². The molecule has 0 aliphatic heterocycles. The Kier molecular flexibility index (Phi) is 4.10. The zero-order chi connectivity index (χ0) is 5.70. The van der Waals surface area contributed by atoms with E-state index in [4.69, 9.17) is 0 Å². The van der Waals surface area contributed by atoms with Crippen molar-refractivity contribution in [3.05, 3.63) is 22.7 Å². The van der Waals surface area contributed by atoms with E-state index < -0.39 is 0 Å². The monoisotopic (exact) mass is 160 g/mol. The van der Waals surface area contributed by atoms with Crippen LogP contribution in [0.5, 0.6) is 0 Å². The van der Waals surface area contributed by atoms with Crippen LogP contribution in [0.25, 0.3) is 0 Å². The fourth-order valence-electron chi connectivity index (χ4n) is 0.299. The third kappa shape index (κ3) is 3.80. The van der Waals surface area contributed by atoms with E-state index in [9.17, 15) is 0 Å². The molecular weight excluding hydrogens is 152 g/mol. The van der Waals surface area contributed by atoms with E-state index >= 15 is 0 Å². The summed E-state index contributed by atoms with van der Waals surface area (Å²) in [6.45, 7) is 4.04. The molecule has 0 unspecified atom stereocenters. The molecule has 0 heterocycles. The van der Waals surface area contributed by atoms with Crippen LogP contribution in [0, 0.1) is 0 Å². The summed E-state index contributed by atoms with van der Waals surface area (Å²) in [4.78, 5) is 1.90. The Hall–Kier alpha value is -0.0400. The lowest BCUT2D eigenvalue weighted by atomic mass is 10.3. The van der Waals surface area contributed by atoms with Crippen LogP contribution >= 0.6 is 15.9 Å². The van der Waals surface area contributed by atoms with Gasteiger partial charge in [0.25, 0.3) is 0 Å². The molecule has 0 fully saturated rings. The molecule has 0 radical (unpaired) electrons. The van der Waals surface area contributed by atoms with E-state index in [2.05, 4.69) is 15.9 Å². The highest BCUT2D eigenvalue weighted by Crippen LogP contribution is 1.97. The Morgan fingerprint density at radius 3 is 2.29 bits per heavy atom. The molecule has 7 heavy (non-hydrogen) atoms. The summed E-state index contributed by atoms with van der Waals surface area (Å²) in [6, 6.07) is 0. The molecular formula is C6H9Br. The molecule has 0 rings (SSSR count). The van der Waals surface area contributed by atoms with E-state index in [1.165, 1.54) is 5.57 Å². The molecule has 0 amide bonds. The topological polar surface area (TPSA) is 0 Å². The Morgan fingerprint density at radius 1 is 1.57 bits per heavy atom. The van der Waals surface area contributed by atoms with Crippen molar-refractivity contribution in [2.45, 2.75) is 13.8 Å². The van der Waals surface area contributed by atoms with Crippen molar-refractivity contribution >= 4 is 15.9 Å². The molecule has 0 spiro atoms. The highest BCUT2D eigenvalue weighted by atomic mass is 79.9. The van der Waals surface area contributed by atoms with Gasteiger partial charge in [0.2, 0.25) is 0 Å². The van der Waals surface area contributed by atoms with Gasteiger partial charge in [-0.15, -0.1) is 0 Å². The van der Waals surface area contributed by atoms with Crippen LogP contribution in [0.3, 0.4) is 0 Å². The molecule has 0 aromatic rings. The van der Waals surface area contributed by atoms with Gasteiger partial charge in [0, 0.05) is 0 Å². The van der Waals surface area contributed by atoms with Crippen molar-refractivity contribution in [1.29, 1.82) is 0 Å². The summed E-state index contributed by atoms with van der Waals surface area (Å²) in [5, 5.41) is 0. The number of allylic oxidation sites excluding steroid dienone is 3. The van der Waals surface area contributed by atoms with E-state index in [-0.39, 0.29) is 0 Å². The molecule has 0 aromatic carbocycles. The number of hydrogen-bond donors (Lipinski definition) is 0. The summed E-state index contributed by atoms with van der Waals surface area (Å²) in [5.74, 6) is 0. The van der Waals surface area contributed by atoms with Crippen LogP contribution in [0.1, 0.15) is 13.8 Å². The largest absolute Gasteiger partial charge is 0.0874 e. The molecule has 0 saturated heterocycles. The zero-order valence-electron chi connectivity index (χ0n) is 4.61. The quantitative estimate of drug-likeness (QED) is 0.518. The number of rotatable bonds is 1. The fraction of sp³-hybridized carbons (Fsp3) is 0.333. The maximum atomic E-state index is 3.20. The number of hydrogen-bond acceptors (Lipinski definition) is 0. The summed E-state index contributed by atoms with van der Waals surface area (Å²) in [6.07, 6.45) is 4.04. The normalized spacial score (nSPS) is 13.3. The summed E-state index contributed by atoms with van der Waals surface area (Å²) in [5.41, 5.74) is 1.24. The third-order valence-electron chi connectivity index (χ3n) is 0.602. The molecule has 0 atom stereocenters. The van der Waals surface area contributed by atoms with Gasteiger partial charge < -0.3 is 0 Å². The van der Waals surface area contributed by atoms with Crippen LogP contribution in [0.4, 0.5) is 0 Å². The Morgan fingerprint density at radius 2 is 2.14 bits per heavy atom. The van der Waals surface area contributed by atoms with E-state index in [0.717, 1.165) is 0 Å². The summed E-state index contributed by atoms with van der Waals surface area (Å²) in [7, 11) is 0. The lowest BCUT2D eigenvalue weighted by molar-refractivity contribution is 1.53. The van der Waals surface area contributed by atoms with Gasteiger partial charge in [-0.05, 0) is 24.4 Å². The van der Waals surface area contributed by atoms with Crippen LogP contribution < -0.4 is 0 Å². The van der Waals surface area contributed by atoms with Crippen molar-refractivity contribution in [3.63, 3.8) is 0 Å². The predicted octanol–water partition coefficient (Wildman–Crippen LogP) is 2.86. The Labute approximate surface area is 53.1 Å². The predicted molar refractivity (Wildman–Crippen MR) is 37.5 cm³/mol. The minimum absolute atomic E-state index is 1.24. The minimum atomic E-state index is 1.24. The first kappa shape index (κ1) is 6.96. The highest BCUT2D eigenvalue weighted by molar-refractivity contribution is 9.11. The Bertz CT molecular complexity index is 90.4. The maximum Gasteiger partial charge on any atom is -0.0160 e. The third-order valence-corrected chi connectivity index (χ3v) is 1.32. The molecule has 0 bridgehead atoms. The average Bonchev–Trinajstić information content (AvgIpc) is 1.68. The van der Waals surface area contributed by atoms with E-state index in [1.54, 1.807) is 0 Å². The lowest BCUT2D eigenvalue weighted by Gasteiger charge is -1.80. The van der Waals surface area contributed by atoms with Crippen LogP contribution in [-0.2, 0) is 0 Å². The second kappa shape index (κ2) is 4.13. The number of halogens is 1. The summed E-state index contributed by atoms with van der Waals surface area (Å²) < 4.78 is 0. The van der Waals surface area contributed by atoms with Gasteiger partial charge in [0.15, 0.2) is 0 Å². The molecule has 0 aliphatic rings. The second-order valence-electron chi connectivity index (χ2n) is 1.35. The lowest BCUT2D eigenvalue weighted by Crippen LogP contribution is -1.58. The van der Waals surface area contributed by atoms with Gasteiger partial charge in [-0.3, -0.25) is 0 Å². The fourth-order valence-corrected chi connectivity index (χ4v) is 0.452. The Balaban J connectivity index is 3.58. The molecule has 0 aromatic heterocycles. The van der Waals surface area contributed by atoms with Crippen molar-refractivity contribution in [3.8, 4) is 0 Å². The van der Waals surface area contributed by atoms with E-state index in [0.29, 0.717) is 0 Å². The molecule has 0 saturated carbocycles. The van der Waals surface area contributed by atoms with Crippen molar-refractivity contribution < 1.29 is 0 Å². The van der Waals surface area contributed by atoms with Crippen molar-refractivity contribution in [2.24, 2.45) is 0 Å². The van der Waals surface area contributed by atoms with Gasteiger partial charge in [0.1, 0.15) is 0 Å². The first-order valence-electron chi connectivity index (χ1n) is 2.21. The van der Waals surface area contributed by atoms with Gasteiger partial charge >= 0.3 is 0 Å². The average molecular weight is 161 g/mol. The maximum absolute atomic E-state index is 3.20. The molecule has 0 N–H and O–H groups in total. The SMILES string of the molecule is C/C=C\C(C)=C/Br. The molecule has 0 nitrogen and oxygen atoms in total. The zero-order valence-corrected chi connectivity index (χ0v) is 6.20. The minimum Gasteiger partial charge on any atom is -0.0874 e. The van der Waals surface area contributed by atoms with Crippen molar-refractivity contribution in [1.82, 2.24) is 0 Å². The van der Waals surface area contributed by atoms with Gasteiger partial charge in [-0.1, -0.05) is 28.1 Å². The smallest absolute Gasteiger partial charge is 0.0160 e. The summed E-state index contributed by atoms with van der Waals surface area (Å²) >= 11 is 3.20. The molecule has 1 heteroatoms. The first-order chi connectivity index (χ1) is 3.31. The van der Waals surface area contributed by atoms with Crippen LogP contribution in [-0.4, -0.2) is 0 Å². The molecule has 40 valence electrons. The van der Waals surface area contributed by atoms with Crippen molar-refractivity contribution in [2.75, 3.05) is 0 Å². The standard InChI is InChI=1S/C6H9Br/c1-3-4-6(2)5-7/h3-5H,1-2H3/b4-3-,6-5-. The van der Waals surface area contributed by atoms with Gasteiger partial charge in [-0.2, -0.15) is 0 Å².